The Labute approximate surface area is 88.1 Å². The molecule has 0 aromatic heterocycles. The molecule has 0 saturated heterocycles. The van der Waals surface area contributed by atoms with Gasteiger partial charge in [-0.1, -0.05) is 20.3 Å². The first-order valence-electron chi connectivity index (χ1n) is 6.08. The molecule has 2 heteroatoms. The molecule has 1 fully saturated rings. The minimum Gasteiger partial charge on any atom is -0.396 e. The van der Waals surface area contributed by atoms with Crippen molar-refractivity contribution in [3.63, 3.8) is 0 Å². The summed E-state index contributed by atoms with van der Waals surface area (Å²) in [6.07, 6.45) is 6.15. The van der Waals surface area contributed by atoms with E-state index in [2.05, 4.69) is 19.2 Å². The summed E-state index contributed by atoms with van der Waals surface area (Å²) < 4.78 is 0. The average Bonchev–Trinajstić information content (AvgIpc) is 2.18. The smallest absolute Gasteiger partial charge is 0.0431 e. The van der Waals surface area contributed by atoms with Crippen LogP contribution in [0.25, 0.3) is 0 Å². The molecule has 1 saturated carbocycles. The number of hydrogen-bond acceptors (Lipinski definition) is 2. The summed E-state index contributed by atoms with van der Waals surface area (Å²) in [6, 6.07) is 0.720. The van der Waals surface area contributed by atoms with E-state index in [-0.39, 0.29) is 0 Å². The van der Waals surface area contributed by atoms with Crippen LogP contribution in [-0.2, 0) is 0 Å². The molecule has 0 radical (unpaired) electrons. The zero-order valence-electron chi connectivity index (χ0n) is 9.63. The van der Waals surface area contributed by atoms with E-state index in [1.165, 1.54) is 19.3 Å². The first kappa shape index (κ1) is 12.0. The van der Waals surface area contributed by atoms with Crippen LogP contribution in [-0.4, -0.2) is 24.3 Å². The first-order chi connectivity index (χ1) is 6.74. The predicted octanol–water partition coefficient (Wildman–Crippen LogP) is 2.17. The highest BCUT2D eigenvalue weighted by Gasteiger charge is 2.24. The van der Waals surface area contributed by atoms with Crippen molar-refractivity contribution in [2.45, 2.75) is 52.0 Å². The monoisotopic (exact) mass is 199 g/mol. The van der Waals surface area contributed by atoms with Crippen molar-refractivity contribution in [1.29, 1.82) is 0 Å². The van der Waals surface area contributed by atoms with E-state index in [1.54, 1.807) is 0 Å². The lowest BCUT2D eigenvalue weighted by molar-refractivity contribution is 0.225. The molecular formula is C12H25NO. The highest BCUT2D eigenvalue weighted by molar-refractivity contribution is 4.80. The van der Waals surface area contributed by atoms with Crippen LogP contribution in [0.2, 0.25) is 0 Å². The summed E-state index contributed by atoms with van der Waals surface area (Å²) in [5.41, 5.74) is 0. The van der Waals surface area contributed by atoms with E-state index in [0.29, 0.717) is 6.61 Å². The predicted molar refractivity (Wildman–Crippen MR) is 60.3 cm³/mol. The Morgan fingerprint density at radius 3 is 2.71 bits per heavy atom. The number of unbranched alkanes of at least 4 members (excludes halogenated alkanes) is 1. The lowest BCUT2D eigenvalue weighted by Crippen LogP contribution is -2.39. The van der Waals surface area contributed by atoms with Crippen molar-refractivity contribution >= 4 is 0 Å². The van der Waals surface area contributed by atoms with Crippen LogP contribution in [0.15, 0.2) is 0 Å². The van der Waals surface area contributed by atoms with Crippen molar-refractivity contribution in [1.82, 2.24) is 5.32 Å². The molecule has 2 N–H and O–H groups in total. The van der Waals surface area contributed by atoms with Gasteiger partial charge >= 0.3 is 0 Å². The summed E-state index contributed by atoms with van der Waals surface area (Å²) >= 11 is 0. The van der Waals surface area contributed by atoms with Gasteiger partial charge in [-0.2, -0.15) is 0 Å². The minimum atomic E-state index is 0.332. The van der Waals surface area contributed by atoms with E-state index in [0.717, 1.165) is 37.3 Å². The quantitative estimate of drug-likeness (QED) is 0.665. The van der Waals surface area contributed by atoms with Crippen molar-refractivity contribution in [2.75, 3.05) is 13.2 Å². The second kappa shape index (κ2) is 6.41. The van der Waals surface area contributed by atoms with Gasteiger partial charge in [0.05, 0.1) is 0 Å². The van der Waals surface area contributed by atoms with E-state index < -0.39 is 0 Å². The Hall–Kier alpha value is -0.0800. The molecule has 0 bridgehead atoms. The van der Waals surface area contributed by atoms with Gasteiger partial charge < -0.3 is 10.4 Å². The van der Waals surface area contributed by atoms with Crippen LogP contribution in [0.4, 0.5) is 0 Å². The van der Waals surface area contributed by atoms with Crippen LogP contribution in [0.3, 0.4) is 0 Å². The Balaban J connectivity index is 2.14. The van der Waals surface area contributed by atoms with Gasteiger partial charge in [-0.05, 0) is 44.1 Å². The summed E-state index contributed by atoms with van der Waals surface area (Å²) in [6.45, 7) is 6.12. The van der Waals surface area contributed by atoms with Gasteiger partial charge in [-0.3, -0.25) is 0 Å². The number of aliphatic hydroxyl groups excluding tert-OH is 1. The zero-order chi connectivity index (χ0) is 10.4. The molecule has 0 heterocycles. The molecule has 0 aliphatic heterocycles. The van der Waals surface area contributed by atoms with Gasteiger partial charge in [0, 0.05) is 12.6 Å². The van der Waals surface area contributed by atoms with Crippen molar-refractivity contribution in [2.24, 2.45) is 11.8 Å². The van der Waals surface area contributed by atoms with Gasteiger partial charge in [-0.25, -0.2) is 0 Å². The van der Waals surface area contributed by atoms with Crippen LogP contribution < -0.4 is 5.32 Å². The largest absolute Gasteiger partial charge is 0.396 e. The molecule has 1 aliphatic rings. The van der Waals surface area contributed by atoms with Crippen molar-refractivity contribution < 1.29 is 5.11 Å². The standard InChI is InChI=1S/C12H25NO/c1-10-5-6-11(2)12(9-10)13-7-3-4-8-14/h10-14H,3-9H2,1-2H3. The Morgan fingerprint density at radius 1 is 1.21 bits per heavy atom. The highest BCUT2D eigenvalue weighted by atomic mass is 16.2. The molecule has 2 nitrogen and oxygen atoms in total. The third-order valence-corrected chi connectivity index (χ3v) is 3.45. The van der Waals surface area contributed by atoms with E-state index in [4.69, 9.17) is 5.11 Å². The molecule has 14 heavy (non-hydrogen) atoms. The molecule has 3 unspecified atom stereocenters. The fourth-order valence-corrected chi connectivity index (χ4v) is 2.34. The Kier molecular flexibility index (Phi) is 5.49. The Morgan fingerprint density at radius 2 is 2.00 bits per heavy atom. The maximum atomic E-state index is 8.67. The highest BCUT2D eigenvalue weighted by Crippen LogP contribution is 2.28. The molecular weight excluding hydrogens is 174 g/mol. The van der Waals surface area contributed by atoms with Gasteiger partial charge in [-0.15, -0.1) is 0 Å². The molecule has 3 atom stereocenters. The van der Waals surface area contributed by atoms with Crippen molar-refractivity contribution in [3.05, 3.63) is 0 Å². The van der Waals surface area contributed by atoms with Gasteiger partial charge in [0.15, 0.2) is 0 Å². The summed E-state index contributed by atoms with van der Waals surface area (Å²) in [5, 5.41) is 12.3. The topological polar surface area (TPSA) is 32.3 Å². The molecule has 0 spiro atoms. The van der Waals surface area contributed by atoms with Crippen LogP contribution in [0.1, 0.15) is 46.0 Å². The average molecular weight is 199 g/mol. The van der Waals surface area contributed by atoms with E-state index >= 15 is 0 Å². The van der Waals surface area contributed by atoms with Crippen molar-refractivity contribution in [3.8, 4) is 0 Å². The third kappa shape index (κ3) is 3.97. The Bertz CT molecular complexity index is 149. The maximum absolute atomic E-state index is 8.67. The maximum Gasteiger partial charge on any atom is 0.0431 e. The fraction of sp³-hybridized carbons (Fsp3) is 1.00. The summed E-state index contributed by atoms with van der Waals surface area (Å²) in [5.74, 6) is 1.72. The summed E-state index contributed by atoms with van der Waals surface area (Å²) in [4.78, 5) is 0. The SMILES string of the molecule is CC1CCC(C)C(NCCCCO)C1. The lowest BCUT2D eigenvalue weighted by Gasteiger charge is -2.33. The molecule has 0 aromatic carbocycles. The number of hydrogen-bond donors (Lipinski definition) is 2. The lowest BCUT2D eigenvalue weighted by atomic mass is 9.80. The van der Waals surface area contributed by atoms with E-state index in [1.807, 2.05) is 0 Å². The van der Waals surface area contributed by atoms with Crippen LogP contribution in [0, 0.1) is 11.8 Å². The molecule has 1 rings (SSSR count). The molecule has 0 amide bonds. The number of nitrogens with one attached hydrogen (secondary N) is 1. The van der Waals surface area contributed by atoms with Gasteiger partial charge in [0.25, 0.3) is 0 Å². The minimum absolute atomic E-state index is 0.332. The third-order valence-electron chi connectivity index (χ3n) is 3.45. The van der Waals surface area contributed by atoms with Gasteiger partial charge in [0.2, 0.25) is 0 Å². The number of rotatable bonds is 5. The molecule has 0 aromatic rings. The molecule has 1 aliphatic carbocycles. The van der Waals surface area contributed by atoms with Gasteiger partial charge in [0.1, 0.15) is 0 Å². The fourth-order valence-electron chi connectivity index (χ4n) is 2.34. The first-order valence-corrected chi connectivity index (χ1v) is 6.08. The normalized spacial score (nSPS) is 33.2. The number of aliphatic hydroxyl groups is 1. The second-order valence-corrected chi connectivity index (χ2v) is 4.89. The van der Waals surface area contributed by atoms with Crippen LogP contribution in [0.5, 0.6) is 0 Å². The zero-order valence-corrected chi connectivity index (χ0v) is 9.63. The van der Waals surface area contributed by atoms with E-state index in [9.17, 15) is 0 Å². The summed E-state index contributed by atoms with van der Waals surface area (Å²) in [7, 11) is 0. The second-order valence-electron chi connectivity index (χ2n) is 4.89. The molecule has 84 valence electrons. The van der Waals surface area contributed by atoms with Crippen LogP contribution >= 0.6 is 0 Å².